The van der Waals surface area contributed by atoms with E-state index in [9.17, 15) is 0 Å². The van der Waals surface area contributed by atoms with Crippen molar-refractivity contribution in [3.8, 4) is 0 Å². The highest BCUT2D eigenvalue weighted by Gasteiger charge is 2.19. The number of pyridine rings is 1. The van der Waals surface area contributed by atoms with Gasteiger partial charge in [-0.15, -0.1) is 0 Å². The molecule has 0 amide bonds. The Bertz CT molecular complexity index is 601. The second-order valence-corrected chi connectivity index (χ2v) is 6.16. The van der Waals surface area contributed by atoms with Gasteiger partial charge < -0.3 is 5.73 Å². The van der Waals surface area contributed by atoms with Crippen LogP contribution in [-0.4, -0.2) is 4.98 Å². The summed E-state index contributed by atoms with van der Waals surface area (Å²) < 4.78 is 0. The van der Waals surface area contributed by atoms with Crippen molar-refractivity contribution < 1.29 is 0 Å². The smallest absolute Gasteiger partial charge is 0.0910 e. The second kappa shape index (κ2) is 4.69. The number of nitrogens with two attached hydrogens (primary N) is 1. The van der Waals surface area contributed by atoms with Crippen molar-refractivity contribution in [2.45, 2.75) is 32.7 Å². The van der Waals surface area contributed by atoms with Crippen LogP contribution in [0.3, 0.4) is 0 Å². The van der Waals surface area contributed by atoms with Crippen LogP contribution in [-0.2, 0) is 12.0 Å². The first-order valence-corrected chi connectivity index (χ1v) is 6.58. The fourth-order valence-electron chi connectivity index (χ4n) is 1.86. The van der Waals surface area contributed by atoms with E-state index in [1.54, 1.807) is 6.07 Å². The molecule has 1 aromatic heterocycles. The lowest BCUT2D eigenvalue weighted by atomic mass is 9.90. The average Bonchev–Trinajstić information content (AvgIpc) is 2.31. The van der Waals surface area contributed by atoms with Crippen molar-refractivity contribution in [3.05, 3.63) is 39.5 Å². The molecule has 18 heavy (non-hydrogen) atoms. The van der Waals surface area contributed by atoms with Crippen molar-refractivity contribution in [2.24, 2.45) is 5.73 Å². The lowest BCUT2D eigenvalue weighted by Gasteiger charge is -2.20. The minimum Gasteiger partial charge on any atom is -0.326 e. The third-order valence-corrected chi connectivity index (χ3v) is 3.74. The van der Waals surface area contributed by atoms with Gasteiger partial charge in [-0.1, -0.05) is 50.0 Å². The summed E-state index contributed by atoms with van der Waals surface area (Å²) in [6.07, 6.45) is 0. The standard InChI is InChI=1S/C14H16Cl2N2/c1-14(2,3)11-6-8(7-17)9-4-5-10(15)12(16)13(9)18-11/h4-6H,7,17H2,1-3H3. The summed E-state index contributed by atoms with van der Waals surface area (Å²) in [6.45, 7) is 6.79. The van der Waals surface area contributed by atoms with Crippen molar-refractivity contribution in [3.63, 3.8) is 0 Å². The Morgan fingerprint density at radius 2 is 1.89 bits per heavy atom. The molecule has 0 spiro atoms. The van der Waals surface area contributed by atoms with Crippen LogP contribution in [0.15, 0.2) is 18.2 Å². The van der Waals surface area contributed by atoms with E-state index in [4.69, 9.17) is 28.9 Å². The van der Waals surface area contributed by atoms with Crippen molar-refractivity contribution in [2.75, 3.05) is 0 Å². The van der Waals surface area contributed by atoms with Crippen LogP contribution < -0.4 is 5.73 Å². The second-order valence-electron chi connectivity index (χ2n) is 5.38. The van der Waals surface area contributed by atoms with E-state index in [0.717, 1.165) is 22.2 Å². The van der Waals surface area contributed by atoms with Gasteiger partial charge in [-0.25, -0.2) is 0 Å². The Morgan fingerprint density at radius 1 is 1.22 bits per heavy atom. The number of fused-ring (bicyclic) bond motifs is 1. The van der Waals surface area contributed by atoms with E-state index in [-0.39, 0.29) is 5.41 Å². The maximum Gasteiger partial charge on any atom is 0.0910 e. The number of benzene rings is 1. The zero-order valence-electron chi connectivity index (χ0n) is 10.7. The van der Waals surface area contributed by atoms with Crippen LogP contribution in [0.25, 0.3) is 10.9 Å². The summed E-state index contributed by atoms with van der Waals surface area (Å²) in [4.78, 5) is 4.64. The van der Waals surface area contributed by atoms with Gasteiger partial charge in [0.1, 0.15) is 0 Å². The molecule has 1 aromatic carbocycles. The summed E-state index contributed by atoms with van der Waals surface area (Å²) in [5.74, 6) is 0. The molecule has 0 unspecified atom stereocenters. The highest BCUT2D eigenvalue weighted by Crippen LogP contribution is 2.33. The molecule has 2 nitrogen and oxygen atoms in total. The van der Waals surface area contributed by atoms with Gasteiger partial charge >= 0.3 is 0 Å². The number of halogens is 2. The molecule has 96 valence electrons. The Kier molecular flexibility index (Phi) is 3.54. The lowest BCUT2D eigenvalue weighted by molar-refractivity contribution is 0.570. The first kappa shape index (κ1) is 13.6. The molecule has 0 aliphatic heterocycles. The van der Waals surface area contributed by atoms with Crippen LogP contribution in [0.4, 0.5) is 0 Å². The van der Waals surface area contributed by atoms with Gasteiger partial charge in [-0.3, -0.25) is 4.98 Å². The molecule has 0 saturated heterocycles. The monoisotopic (exact) mass is 282 g/mol. The summed E-state index contributed by atoms with van der Waals surface area (Å²) in [7, 11) is 0. The predicted molar refractivity (Wildman–Crippen MR) is 78.4 cm³/mol. The third-order valence-electron chi connectivity index (χ3n) is 2.95. The Balaban J connectivity index is 2.85. The zero-order chi connectivity index (χ0) is 13.5. The molecular weight excluding hydrogens is 267 g/mol. The van der Waals surface area contributed by atoms with E-state index >= 15 is 0 Å². The minimum absolute atomic E-state index is 0.0518. The first-order valence-electron chi connectivity index (χ1n) is 5.83. The molecule has 0 radical (unpaired) electrons. The van der Waals surface area contributed by atoms with E-state index in [0.29, 0.717) is 16.6 Å². The lowest BCUT2D eigenvalue weighted by Crippen LogP contribution is -2.15. The summed E-state index contributed by atoms with van der Waals surface area (Å²) in [5.41, 5.74) is 8.51. The molecule has 0 bridgehead atoms. The summed E-state index contributed by atoms with van der Waals surface area (Å²) >= 11 is 12.3. The quantitative estimate of drug-likeness (QED) is 0.847. The van der Waals surface area contributed by atoms with Crippen LogP contribution in [0.1, 0.15) is 32.0 Å². The Hall–Kier alpha value is -0.830. The fourth-order valence-corrected chi connectivity index (χ4v) is 2.22. The van der Waals surface area contributed by atoms with E-state index < -0.39 is 0 Å². The number of aromatic nitrogens is 1. The van der Waals surface area contributed by atoms with Crippen LogP contribution in [0, 0.1) is 0 Å². The van der Waals surface area contributed by atoms with Gasteiger partial charge in [0.25, 0.3) is 0 Å². The number of rotatable bonds is 1. The molecular formula is C14H16Cl2N2. The predicted octanol–water partition coefficient (Wildman–Crippen LogP) is 4.30. The largest absolute Gasteiger partial charge is 0.326 e. The van der Waals surface area contributed by atoms with Crippen molar-refractivity contribution in [1.29, 1.82) is 0 Å². The third kappa shape index (κ3) is 2.33. The number of hydrogen-bond acceptors (Lipinski definition) is 2. The fraction of sp³-hybridized carbons (Fsp3) is 0.357. The normalized spacial score (nSPS) is 12.1. The minimum atomic E-state index is -0.0518. The Labute approximate surface area is 117 Å². The van der Waals surface area contributed by atoms with Gasteiger partial charge in [0, 0.05) is 23.0 Å². The maximum atomic E-state index is 6.24. The van der Waals surface area contributed by atoms with Gasteiger partial charge in [0.05, 0.1) is 15.6 Å². The molecule has 4 heteroatoms. The van der Waals surface area contributed by atoms with E-state index in [2.05, 4.69) is 25.8 Å². The topological polar surface area (TPSA) is 38.9 Å². The molecule has 2 aromatic rings. The molecule has 2 N–H and O–H groups in total. The van der Waals surface area contributed by atoms with Crippen LogP contribution >= 0.6 is 23.2 Å². The molecule has 0 aliphatic carbocycles. The highest BCUT2D eigenvalue weighted by molar-refractivity contribution is 6.45. The average molecular weight is 283 g/mol. The molecule has 0 fully saturated rings. The summed E-state index contributed by atoms with van der Waals surface area (Å²) in [6, 6.07) is 5.75. The van der Waals surface area contributed by atoms with Gasteiger partial charge in [-0.2, -0.15) is 0 Å². The maximum absolute atomic E-state index is 6.24. The summed E-state index contributed by atoms with van der Waals surface area (Å²) in [5, 5.41) is 1.99. The van der Waals surface area contributed by atoms with Gasteiger partial charge in [-0.05, 0) is 17.7 Å². The molecule has 0 atom stereocenters. The van der Waals surface area contributed by atoms with Crippen LogP contribution in [0.5, 0.6) is 0 Å². The molecule has 0 aliphatic rings. The van der Waals surface area contributed by atoms with E-state index in [1.807, 2.05) is 12.1 Å². The SMILES string of the molecule is CC(C)(C)c1cc(CN)c2ccc(Cl)c(Cl)c2n1. The molecule has 1 heterocycles. The first-order chi connectivity index (χ1) is 8.34. The zero-order valence-corrected chi connectivity index (χ0v) is 12.2. The van der Waals surface area contributed by atoms with Crippen LogP contribution in [0.2, 0.25) is 10.0 Å². The van der Waals surface area contributed by atoms with Crippen molar-refractivity contribution in [1.82, 2.24) is 4.98 Å². The highest BCUT2D eigenvalue weighted by atomic mass is 35.5. The number of hydrogen-bond donors (Lipinski definition) is 1. The van der Waals surface area contributed by atoms with Crippen molar-refractivity contribution >= 4 is 34.1 Å². The molecule has 0 saturated carbocycles. The van der Waals surface area contributed by atoms with Gasteiger partial charge in [0.15, 0.2) is 0 Å². The van der Waals surface area contributed by atoms with Gasteiger partial charge in [0.2, 0.25) is 0 Å². The van der Waals surface area contributed by atoms with E-state index in [1.165, 1.54) is 0 Å². The Morgan fingerprint density at radius 3 is 2.44 bits per heavy atom. The number of nitrogens with zero attached hydrogens (tertiary/aromatic N) is 1. The molecule has 2 rings (SSSR count).